The Morgan fingerprint density at radius 3 is 2.97 bits per heavy atom. The second-order valence-corrected chi connectivity index (χ2v) is 11.8. The Bertz CT molecular complexity index is 1410. The Balaban J connectivity index is 1.31. The van der Waals surface area contributed by atoms with E-state index in [1.54, 1.807) is 24.8 Å². The van der Waals surface area contributed by atoms with E-state index in [9.17, 15) is 4.79 Å². The van der Waals surface area contributed by atoms with Crippen LogP contribution in [0.3, 0.4) is 0 Å². The van der Waals surface area contributed by atoms with Crippen LogP contribution in [0.4, 0.5) is 11.5 Å². The third-order valence-electron chi connectivity index (χ3n) is 7.01. The molecule has 0 unspecified atom stereocenters. The highest BCUT2D eigenvalue weighted by Gasteiger charge is 2.37. The minimum absolute atomic E-state index is 0.0557. The van der Waals surface area contributed by atoms with E-state index in [0.717, 1.165) is 70.7 Å². The van der Waals surface area contributed by atoms with Crippen LogP contribution in [0.25, 0.3) is 20.4 Å². The van der Waals surface area contributed by atoms with Crippen molar-refractivity contribution >= 4 is 60.7 Å². The van der Waals surface area contributed by atoms with E-state index < -0.39 is 0 Å². The van der Waals surface area contributed by atoms with Gasteiger partial charge in [0.05, 0.1) is 22.9 Å². The number of aromatic nitrogens is 4. The van der Waals surface area contributed by atoms with Gasteiger partial charge in [-0.25, -0.2) is 9.97 Å². The lowest BCUT2D eigenvalue weighted by atomic mass is 9.86. The number of methoxy groups -OCH3 is 1. The molecule has 1 fully saturated rings. The number of nitrogens with one attached hydrogen (secondary N) is 1. The fourth-order valence-corrected chi connectivity index (χ4v) is 7.03. The van der Waals surface area contributed by atoms with Crippen LogP contribution in [0, 0.1) is 11.3 Å². The topological polar surface area (TPSA) is 93.1 Å². The Labute approximate surface area is 205 Å². The Hall–Kier alpha value is -2.85. The maximum Gasteiger partial charge on any atom is 0.226 e. The average molecular weight is 495 g/mol. The highest BCUT2D eigenvalue weighted by atomic mass is 32.1. The van der Waals surface area contributed by atoms with Crippen molar-refractivity contribution in [3.05, 3.63) is 28.9 Å². The molecule has 1 amide bonds. The van der Waals surface area contributed by atoms with E-state index in [4.69, 9.17) is 4.74 Å². The molecule has 0 saturated carbocycles. The van der Waals surface area contributed by atoms with Gasteiger partial charge in [-0.15, -0.1) is 16.4 Å². The molecule has 0 bridgehead atoms. The van der Waals surface area contributed by atoms with E-state index in [-0.39, 0.29) is 11.3 Å². The van der Waals surface area contributed by atoms with Crippen molar-refractivity contribution in [2.24, 2.45) is 11.3 Å². The molecular weight excluding hydrogens is 468 g/mol. The minimum Gasteiger partial charge on any atom is -0.494 e. The first-order chi connectivity index (χ1) is 16.4. The first-order valence-electron chi connectivity index (χ1n) is 11.5. The van der Waals surface area contributed by atoms with Crippen LogP contribution < -0.4 is 10.1 Å². The standard InChI is InChI=1S/C24H26N6O2S2/c1-24(2)6-7-30(11-24)23(31)13-4-5-14-18(8-13)33-22-20(14)21(25-12-26-22)27-15-10-19-16(28-29-34-19)9-17(15)32-3/h9-10,12-13H,4-8,11H2,1-3H3,(H,25,26,27)/t13-/m0/s1. The normalized spacial score (nSPS) is 19.5. The third kappa shape index (κ3) is 3.69. The number of carbonyl (C=O) groups excluding carboxylic acids is 1. The Morgan fingerprint density at radius 1 is 1.29 bits per heavy atom. The summed E-state index contributed by atoms with van der Waals surface area (Å²) in [6.07, 6.45) is 5.19. The fourth-order valence-electron chi connectivity index (χ4n) is 5.18. The summed E-state index contributed by atoms with van der Waals surface area (Å²) in [5.41, 5.74) is 3.13. The van der Waals surface area contributed by atoms with Gasteiger partial charge in [-0.05, 0) is 54.3 Å². The summed E-state index contributed by atoms with van der Waals surface area (Å²) in [5, 5.41) is 8.67. The predicted octanol–water partition coefficient (Wildman–Crippen LogP) is 4.81. The zero-order valence-electron chi connectivity index (χ0n) is 19.4. The zero-order valence-corrected chi connectivity index (χ0v) is 21.1. The van der Waals surface area contributed by atoms with Crippen molar-refractivity contribution < 1.29 is 9.53 Å². The molecule has 1 aliphatic carbocycles. The maximum absolute atomic E-state index is 13.2. The smallest absolute Gasteiger partial charge is 0.226 e. The van der Waals surface area contributed by atoms with Gasteiger partial charge < -0.3 is 15.0 Å². The van der Waals surface area contributed by atoms with Crippen molar-refractivity contribution in [3.63, 3.8) is 0 Å². The number of anilines is 2. The van der Waals surface area contributed by atoms with Gasteiger partial charge in [0.25, 0.3) is 0 Å². The lowest BCUT2D eigenvalue weighted by Gasteiger charge is -2.27. The van der Waals surface area contributed by atoms with Gasteiger partial charge in [-0.1, -0.05) is 18.3 Å². The van der Waals surface area contributed by atoms with E-state index in [2.05, 4.69) is 43.6 Å². The summed E-state index contributed by atoms with van der Waals surface area (Å²) in [7, 11) is 1.65. The molecule has 2 aliphatic rings. The van der Waals surface area contributed by atoms with Crippen molar-refractivity contribution in [3.8, 4) is 5.75 Å². The van der Waals surface area contributed by atoms with E-state index in [0.29, 0.717) is 11.7 Å². The molecule has 0 radical (unpaired) electrons. The molecule has 1 aliphatic heterocycles. The van der Waals surface area contributed by atoms with E-state index in [1.807, 2.05) is 12.1 Å². The zero-order chi connectivity index (χ0) is 23.4. The number of benzene rings is 1. The minimum atomic E-state index is 0.0557. The summed E-state index contributed by atoms with van der Waals surface area (Å²) in [6.45, 7) is 6.23. The summed E-state index contributed by atoms with van der Waals surface area (Å²) < 4.78 is 10.6. The third-order valence-corrected chi connectivity index (χ3v) is 8.85. The monoisotopic (exact) mass is 494 g/mol. The Morgan fingerprint density at radius 2 is 2.18 bits per heavy atom. The molecule has 1 atom stereocenters. The highest BCUT2D eigenvalue weighted by Crippen LogP contribution is 2.42. The maximum atomic E-state index is 13.2. The van der Waals surface area contributed by atoms with Crippen LogP contribution >= 0.6 is 22.9 Å². The molecule has 1 aromatic carbocycles. The molecule has 6 rings (SSSR count). The summed E-state index contributed by atoms with van der Waals surface area (Å²) in [5.74, 6) is 1.83. The summed E-state index contributed by atoms with van der Waals surface area (Å²) in [6, 6.07) is 3.89. The number of likely N-dealkylation sites (tertiary alicyclic amines) is 1. The van der Waals surface area contributed by atoms with Gasteiger partial charge in [-0.3, -0.25) is 4.79 Å². The van der Waals surface area contributed by atoms with Crippen molar-refractivity contribution in [2.45, 2.75) is 39.5 Å². The number of fused-ring (bicyclic) bond motifs is 4. The lowest BCUT2D eigenvalue weighted by molar-refractivity contribution is -0.135. The van der Waals surface area contributed by atoms with Gasteiger partial charge >= 0.3 is 0 Å². The number of thiophene rings is 1. The molecule has 10 heteroatoms. The van der Waals surface area contributed by atoms with Crippen molar-refractivity contribution in [1.29, 1.82) is 0 Å². The molecule has 3 aromatic heterocycles. The van der Waals surface area contributed by atoms with E-state index in [1.165, 1.54) is 22.0 Å². The summed E-state index contributed by atoms with van der Waals surface area (Å²) >= 11 is 3.04. The molecule has 0 spiro atoms. The number of carbonyl (C=O) groups is 1. The SMILES string of the molecule is COc1cc2nnsc2cc1Nc1ncnc2sc3c(c12)CC[C@H](C(=O)N1CCC(C)(C)C1)C3. The quantitative estimate of drug-likeness (QED) is 0.435. The molecule has 34 heavy (non-hydrogen) atoms. The first-order valence-corrected chi connectivity index (χ1v) is 13.1. The molecule has 8 nitrogen and oxygen atoms in total. The number of hydrogen-bond donors (Lipinski definition) is 1. The molecule has 4 aromatic rings. The average Bonchev–Trinajstić information content (AvgIpc) is 3.53. The van der Waals surface area contributed by atoms with Crippen LogP contribution in [0.1, 0.15) is 37.1 Å². The number of ether oxygens (including phenoxy) is 1. The molecule has 1 saturated heterocycles. The Kier molecular flexibility index (Phi) is 5.18. The van der Waals surface area contributed by atoms with Crippen LogP contribution in [0.5, 0.6) is 5.75 Å². The predicted molar refractivity (Wildman–Crippen MR) is 135 cm³/mol. The second-order valence-electron chi connectivity index (χ2n) is 9.94. The molecule has 4 heterocycles. The van der Waals surface area contributed by atoms with Gasteiger partial charge in [-0.2, -0.15) is 0 Å². The number of hydrogen-bond acceptors (Lipinski definition) is 9. The molecular formula is C24H26N6O2S2. The fraction of sp³-hybridized carbons (Fsp3) is 0.458. The van der Waals surface area contributed by atoms with Crippen LogP contribution in [-0.4, -0.2) is 50.6 Å². The van der Waals surface area contributed by atoms with Gasteiger partial charge in [0.15, 0.2) is 0 Å². The molecule has 176 valence electrons. The van der Waals surface area contributed by atoms with Crippen LogP contribution in [-0.2, 0) is 17.6 Å². The number of rotatable bonds is 4. The lowest BCUT2D eigenvalue weighted by Crippen LogP contribution is -2.37. The van der Waals surface area contributed by atoms with Crippen molar-refractivity contribution in [1.82, 2.24) is 24.5 Å². The first kappa shape index (κ1) is 21.7. The van der Waals surface area contributed by atoms with Gasteiger partial charge in [0.2, 0.25) is 5.91 Å². The second kappa shape index (κ2) is 8.13. The van der Waals surface area contributed by atoms with Crippen molar-refractivity contribution in [2.75, 3.05) is 25.5 Å². The van der Waals surface area contributed by atoms with Gasteiger partial charge in [0.1, 0.15) is 28.2 Å². The van der Waals surface area contributed by atoms with Crippen LogP contribution in [0.15, 0.2) is 18.5 Å². The highest BCUT2D eigenvalue weighted by molar-refractivity contribution is 7.19. The number of amides is 1. The summed E-state index contributed by atoms with van der Waals surface area (Å²) in [4.78, 5) is 26.7. The molecule has 1 N–H and O–H groups in total. The van der Waals surface area contributed by atoms with E-state index >= 15 is 0 Å². The number of aryl methyl sites for hydroxylation is 1. The largest absolute Gasteiger partial charge is 0.494 e. The number of nitrogens with zero attached hydrogens (tertiary/aromatic N) is 5. The van der Waals surface area contributed by atoms with Gasteiger partial charge in [0, 0.05) is 30.0 Å². The van der Waals surface area contributed by atoms with Crippen LogP contribution in [0.2, 0.25) is 0 Å².